The third-order valence-electron chi connectivity index (χ3n) is 2.57. The lowest BCUT2D eigenvalue weighted by molar-refractivity contribution is -0.256. The second-order valence-corrected chi connectivity index (χ2v) is 5.16. The summed E-state index contributed by atoms with van der Waals surface area (Å²) in [5, 5.41) is 10.7. The molecule has 1 aromatic carbocycles. The fourth-order valence-electron chi connectivity index (χ4n) is 1.51. The fraction of sp³-hybridized carbons (Fsp3) is 0.333. The second-order valence-electron chi connectivity index (χ2n) is 3.91. The molecule has 0 saturated heterocycles. The number of nitrogens with zero attached hydrogens (tertiary/aromatic N) is 1. The Balaban J connectivity index is 3.33. The van der Waals surface area contributed by atoms with E-state index < -0.39 is 15.3 Å². The first kappa shape index (κ1) is 15.3. The van der Waals surface area contributed by atoms with Gasteiger partial charge in [-0.2, -0.15) is 3.89 Å². The van der Waals surface area contributed by atoms with Crippen molar-refractivity contribution in [2.24, 2.45) is 0 Å². The highest BCUT2D eigenvalue weighted by Crippen LogP contribution is 2.39. The molecule has 1 unspecified atom stereocenters. The largest absolute Gasteiger partial charge is 0.497 e. The maximum absolute atomic E-state index is 11.4. The standard InChI is InChI=1S/C12H15NO5S/c1-8-5-6-9(10(7-8)17-3)13(2,11(14)15)19-12(16)18-4/h5-7H,1-4H3. The molecule has 0 aliphatic rings. The number of ether oxygens (including phenoxy) is 2. The summed E-state index contributed by atoms with van der Waals surface area (Å²) in [7, 11) is 3.94. The van der Waals surface area contributed by atoms with Crippen molar-refractivity contribution < 1.29 is 24.2 Å². The number of rotatable bonds is 2. The van der Waals surface area contributed by atoms with Gasteiger partial charge in [0.05, 0.1) is 21.3 Å². The molecule has 1 aromatic rings. The zero-order chi connectivity index (χ0) is 14.6. The van der Waals surface area contributed by atoms with Crippen molar-refractivity contribution in [2.75, 3.05) is 21.3 Å². The second kappa shape index (κ2) is 5.94. The van der Waals surface area contributed by atoms with Crippen molar-refractivity contribution in [1.82, 2.24) is 3.89 Å². The molecule has 0 spiro atoms. The predicted molar refractivity (Wildman–Crippen MR) is 70.8 cm³/mol. The van der Waals surface area contributed by atoms with Crippen LogP contribution in [0.1, 0.15) is 5.56 Å². The van der Waals surface area contributed by atoms with Crippen LogP contribution >= 0.6 is 11.9 Å². The van der Waals surface area contributed by atoms with Gasteiger partial charge in [0.15, 0.2) is 11.4 Å². The van der Waals surface area contributed by atoms with Crippen LogP contribution in [0.15, 0.2) is 18.2 Å². The summed E-state index contributed by atoms with van der Waals surface area (Å²) in [6.45, 7) is 1.85. The highest BCUT2D eigenvalue weighted by atomic mass is 32.2. The van der Waals surface area contributed by atoms with Crippen molar-refractivity contribution in [3.8, 4) is 5.75 Å². The molecular weight excluding hydrogens is 270 g/mol. The van der Waals surface area contributed by atoms with Crippen LogP contribution in [0.3, 0.4) is 0 Å². The quantitative estimate of drug-likeness (QED) is 0.467. The fourth-order valence-corrected chi connectivity index (χ4v) is 2.20. The first-order valence-electron chi connectivity index (χ1n) is 5.36. The van der Waals surface area contributed by atoms with E-state index in [-0.39, 0.29) is 0 Å². The van der Waals surface area contributed by atoms with E-state index in [0.29, 0.717) is 23.4 Å². The smallest absolute Gasteiger partial charge is 0.425 e. The SMILES string of the molecule is COC(=O)S[N+](C)(C(=O)[O-])c1ccc(C)cc1OC. The molecule has 19 heavy (non-hydrogen) atoms. The van der Waals surface area contributed by atoms with E-state index in [2.05, 4.69) is 4.74 Å². The van der Waals surface area contributed by atoms with E-state index in [9.17, 15) is 14.7 Å². The monoisotopic (exact) mass is 285 g/mol. The lowest BCUT2D eigenvalue weighted by Gasteiger charge is -2.29. The minimum Gasteiger partial charge on any atom is -0.497 e. The van der Waals surface area contributed by atoms with Crippen molar-refractivity contribution in [3.05, 3.63) is 23.8 Å². The Bertz CT molecular complexity index is 505. The highest BCUT2D eigenvalue weighted by molar-refractivity contribution is 8.13. The minimum atomic E-state index is -1.45. The van der Waals surface area contributed by atoms with Crippen molar-refractivity contribution in [1.29, 1.82) is 0 Å². The summed E-state index contributed by atoms with van der Waals surface area (Å²) >= 11 is 0.478. The van der Waals surface area contributed by atoms with E-state index in [0.717, 1.165) is 5.56 Å². The molecule has 1 amide bonds. The molecule has 0 N–H and O–H groups in total. The van der Waals surface area contributed by atoms with Crippen LogP contribution in [-0.2, 0) is 4.74 Å². The molecule has 0 aromatic heterocycles. The number of benzene rings is 1. The van der Waals surface area contributed by atoms with Crippen LogP contribution < -0.4 is 13.7 Å². The van der Waals surface area contributed by atoms with Crippen LogP contribution in [0.2, 0.25) is 0 Å². The maximum atomic E-state index is 11.4. The Kier molecular flexibility index (Phi) is 4.79. The summed E-state index contributed by atoms with van der Waals surface area (Å²) in [5.74, 6) is 0.364. The molecule has 7 heteroatoms. The molecule has 1 atom stereocenters. The molecule has 0 fully saturated rings. The van der Waals surface area contributed by atoms with Gasteiger partial charge in [0, 0.05) is 6.07 Å². The molecule has 0 aliphatic carbocycles. The minimum absolute atomic E-state index is 0.295. The molecule has 0 heterocycles. The van der Waals surface area contributed by atoms with Crippen LogP contribution in [0.5, 0.6) is 5.75 Å². The van der Waals surface area contributed by atoms with Gasteiger partial charge in [0.1, 0.15) is 0 Å². The topological polar surface area (TPSA) is 75.7 Å². The Morgan fingerprint density at radius 2 is 1.95 bits per heavy atom. The third kappa shape index (κ3) is 3.18. The Labute approximate surface area is 115 Å². The van der Waals surface area contributed by atoms with E-state index in [1.807, 2.05) is 6.92 Å². The van der Waals surface area contributed by atoms with Crippen LogP contribution in [0.4, 0.5) is 15.3 Å². The summed E-state index contributed by atoms with van der Waals surface area (Å²) in [4.78, 5) is 22.8. The van der Waals surface area contributed by atoms with E-state index in [4.69, 9.17) is 4.74 Å². The van der Waals surface area contributed by atoms with E-state index in [1.54, 1.807) is 18.2 Å². The average Bonchev–Trinajstić information content (AvgIpc) is 2.37. The predicted octanol–water partition coefficient (Wildman–Crippen LogP) is 1.70. The Hall–Kier alpha value is -1.73. The average molecular weight is 285 g/mol. The van der Waals surface area contributed by atoms with Gasteiger partial charge in [-0.05, 0) is 18.6 Å². The molecule has 104 valence electrons. The molecule has 0 saturated carbocycles. The first-order valence-corrected chi connectivity index (χ1v) is 6.13. The van der Waals surface area contributed by atoms with E-state index >= 15 is 0 Å². The van der Waals surface area contributed by atoms with Crippen LogP contribution in [0, 0.1) is 6.92 Å². The number of carbonyl (C=O) groups excluding carboxylic acids is 2. The number of amides is 1. The summed E-state index contributed by atoms with van der Waals surface area (Å²) < 4.78 is 8.83. The zero-order valence-electron chi connectivity index (χ0n) is 11.1. The van der Waals surface area contributed by atoms with Crippen molar-refractivity contribution in [2.45, 2.75) is 6.92 Å². The number of hydrogen-bond donors (Lipinski definition) is 0. The zero-order valence-corrected chi connectivity index (χ0v) is 11.9. The summed E-state index contributed by atoms with van der Waals surface area (Å²) in [5.41, 5.74) is 1.21. The molecule has 0 bridgehead atoms. The molecular formula is C12H15NO5S. The van der Waals surface area contributed by atoms with Gasteiger partial charge in [-0.15, -0.1) is 0 Å². The van der Waals surface area contributed by atoms with Crippen LogP contribution in [0.25, 0.3) is 0 Å². The molecule has 0 aliphatic heterocycles. The van der Waals surface area contributed by atoms with Gasteiger partial charge in [-0.25, -0.2) is 4.79 Å². The van der Waals surface area contributed by atoms with Crippen molar-refractivity contribution >= 4 is 29.0 Å². The normalized spacial score (nSPS) is 13.5. The number of hydrogen-bond acceptors (Lipinski definition) is 6. The van der Waals surface area contributed by atoms with Gasteiger partial charge in [0.25, 0.3) is 6.09 Å². The van der Waals surface area contributed by atoms with Crippen LogP contribution in [-0.4, -0.2) is 32.7 Å². The molecule has 6 nitrogen and oxygen atoms in total. The summed E-state index contributed by atoms with van der Waals surface area (Å²) in [6, 6.07) is 5.00. The number of quaternary nitrogens is 1. The number of carboxylic acid groups (broad SMARTS) is 1. The molecule has 1 rings (SSSR count). The maximum Gasteiger partial charge on any atom is 0.425 e. The third-order valence-corrected chi connectivity index (χ3v) is 3.59. The highest BCUT2D eigenvalue weighted by Gasteiger charge is 2.37. The van der Waals surface area contributed by atoms with Gasteiger partial charge in [-0.3, -0.25) is 0 Å². The Morgan fingerprint density at radius 3 is 2.42 bits per heavy atom. The Morgan fingerprint density at radius 1 is 1.32 bits per heavy atom. The lowest BCUT2D eigenvalue weighted by atomic mass is 10.2. The summed E-state index contributed by atoms with van der Waals surface area (Å²) in [6.07, 6.45) is -1.45. The number of carbonyl (C=O) groups is 2. The van der Waals surface area contributed by atoms with Gasteiger partial charge >= 0.3 is 5.30 Å². The van der Waals surface area contributed by atoms with Crippen molar-refractivity contribution in [3.63, 3.8) is 0 Å². The first-order chi connectivity index (χ1) is 8.85. The van der Waals surface area contributed by atoms with E-state index in [1.165, 1.54) is 21.3 Å². The molecule has 0 radical (unpaired) electrons. The number of methoxy groups -OCH3 is 2. The number of aryl methyl sites for hydroxylation is 1. The van der Waals surface area contributed by atoms with Gasteiger partial charge < -0.3 is 19.4 Å². The van der Waals surface area contributed by atoms with Gasteiger partial charge in [0.2, 0.25) is 11.9 Å². The lowest BCUT2D eigenvalue weighted by Crippen LogP contribution is -2.52. The van der Waals surface area contributed by atoms with Gasteiger partial charge in [-0.1, -0.05) is 6.07 Å².